The first-order chi connectivity index (χ1) is 4.93. The van der Waals surface area contributed by atoms with Crippen molar-refractivity contribution in [2.24, 2.45) is 0 Å². The number of H-pyrrole nitrogens is 1. The molecule has 1 aromatic rings. The minimum absolute atomic E-state index is 0. The molecule has 0 fully saturated rings. The summed E-state index contributed by atoms with van der Waals surface area (Å²) < 4.78 is 0. The van der Waals surface area contributed by atoms with Gasteiger partial charge in [0.1, 0.15) is 0 Å². The van der Waals surface area contributed by atoms with Gasteiger partial charge in [0.2, 0.25) is 0 Å². The zero-order valence-corrected chi connectivity index (χ0v) is 9.52. The van der Waals surface area contributed by atoms with Crippen molar-refractivity contribution in [1.82, 2.24) is 20.6 Å². The fraction of sp³-hybridized carbons (Fsp3) is 0.833. The van der Waals surface area contributed by atoms with Crippen LogP contribution in [0.3, 0.4) is 0 Å². The molecule has 1 rings (SSSR count). The molecule has 0 aliphatic rings. The third kappa shape index (κ3) is 4.34. The largest absolute Gasteiger partial charge is 0.177 e. The standard InChI is InChI=1S/C6H12N4.Sn/c1-2-3-4-5-6-7-9-10-8-6;/h2-5H2,1H3,(H,7,8,9,10);. The van der Waals surface area contributed by atoms with Crippen LogP contribution in [0.4, 0.5) is 0 Å². The van der Waals surface area contributed by atoms with Crippen molar-refractivity contribution in [3.05, 3.63) is 5.82 Å². The van der Waals surface area contributed by atoms with Gasteiger partial charge in [-0.05, 0) is 6.42 Å². The molecule has 0 bridgehead atoms. The second-order valence-electron chi connectivity index (χ2n) is 2.29. The fourth-order valence-electron chi connectivity index (χ4n) is 0.822. The average Bonchev–Trinajstić information content (AvgIpc) is 2.41. The van der Waals surface area contributed by atoms with Crippen LogP contribution in [0.1, 0.15) is 32.0 Å². The van der Waals surface area contributed by atoms with E-state index in [0.717, 1.165) is 18.7 Å². The molecule has 0 saturated carbocycles. The van der Waals surface area contributed by atoms with Gasteiger partial charge in [-0.3, -0.25) is 0 Å². The van der Waals surface area contributed by atoms with Gasteiger partial charge in [-0.1, -0.05) is 25.0 Å². The number of unbranched alkanes of at least 4 members (excludes halogenated alkanes) is 2. The van der Waals surface area contributed by atoms with Gasteiger partial charge in [0.25, 0.3) is 0 Å². The molecule has 1 aromatic heterocycles. The maximum atomic E-state index is 3.84. The van der Waals surface area contributed by atoms with Gasteiger partial charge in [0, 0.05) is 30.3 Å². The Labute approximate surface area is 83.1 Å². The van der Waals surface area contributed by atoms with Gasteiger partial charge < -0.3 is 0 Å². The summed E-state index contributed by atoms with van der Waals surface area (Å²) >= 11 is 0. The van der Waals surface area contributed by atoms with Crippen LogP contribution in [0.15, 0.2) is 0 Å². The van der Waals surface area contributed by atoms with E-state index in [0.29, 0.717) is 0 Å². The van der Waals surface area contributed by atoms with Crippen LogP contribution in [-0.2, 0) is 6.42 Å². The smallest absolute Gasteiger partial charge is 0.174 e. The van der Waals surface area contributed by atoms with Gasteiger partial charge in [-0.2, -0.15) is 5.21 Å². The number of aryl methyl sites for hydroxylation is 1. The van der Waals surface area contributed by atoms with Crippen LogP contribution in [0.25, 0.3) is 0 Å². The Balaban J connectivity index is 0.000001000. The molecule has 0 unspecified atom stereocenters. The molecular formula is C6H12N4Sn. The van der Waals surface area contributed by atoms with Crippen LogP contribution in [0.2, 0.25) is 0 Å². The molecule has 4 nitrogen and oxygen atoms in total. The molecule has 1 heterocycles. The number of aromatic amines is 1. The Morgan fingerprint density at radius 3 is 2.73 bits per heavy atom. The third-order valence-electron chi connectivity index (χ3n) is 1.39. The van der Waals surface area contributed by atoms with Crippen molar-refractivity contribution in [3.63, 3.8) is 0 Å². The van der Waals surface area contributed by atoms with Crippen molar-refractivity contribution < 1.29 is 0 Å². The van der Waals surface area contributed by atoms with E-state index in [-0.39, 0.29) is 23.9 Å². The minimum Gasteiger partial charge on any atom is -0.177 e. The van der Waals surface area contributed by atoms with E-state index in [2.05, 4.69) is 27.5 Å². The summed E-state index contributed by atoms with van der Waals surface area (Å²) in [5.74, 6) is 0.827. The van der Waals surface area contributed by atoms with Crippen molar-refractivity contribution in [1.29, 1.82) is 0 Å². The van der Waals surface area contributed by atoms with E-state index in [1.165, 1.54) is 12.8 Å². The quantitative estimate of drug-likeness (QED) is 0.634. The summed E-state index contributed by atoms with van der Waals surface area (Å²) in [5, 5.41) is 13.6. The average molecular weight is 259 g/mol. The SMILES string of the molecule is CCCCCc1nn[nH]n1.[Sn]. The Morgan fingerprint density at radius 2 is 2.18 bits per heavy atom. The van der Waals surface area contributed by atoms with Gasteiger partial charge in [-0.25, -0.2) is 0 Å². The van der Waals surface area contributed by atoms with E-state index in [1.54, 1.807) is 0 Å². The summed E-state index contributed by atoms with van der Waals surface area (Å²) in [7, 11) is 0. The molecule has 5 heteroatoms. The molecule has 1 N–H and O–H groups in total. The van der Waals surface area contributed by atoms with Gasteiger partial charge in [0.15, 0.2) is 5.82 Å². The number of nitrogens with one attached hydrogen (secondary N) is 1. The number of nitrogens with zero attached hydrogens (tertiary/aromatic N) is 3. The summed E-state index contributed by atoms with van der Waals surface area (Å²) in [6.07, 6.45) is 4.59. The molecule has 0 amide bonds. The van der Waals surface area contributed by atoms with Gasteiger partial charge in [-0.15, -0.1) is 10.2 Å². The molecule has 0 saturated heterocycles. The first-order valence-corrected chi connectivity index (χ1v) is 3.66. The maximum Gasteiger partial charge on any atom is 0.174 e. The van der Waals surface area contributed by atoms with Crippen LogP contribution in [-0.4, -0.2) is 44.5 Å². The topological polar surface area (TPSA) is 54.5 Å². The summed E-state index contributed by atoms with van der Waals surface area (Å²) in [5.41, 5.74) is 0. The maximum absolute atomic E-state index is 3.84. The molecule has 0 atom stereocenters. The third-order valence-corrected chi connectivity index (χ3v) is 1.39. The second-order valence-corrected chi connectivity index (χ2v) is 2.29. The number of aromatic nitrogens is 4. The normalized spacial score (nSPS) is 9.18. The summed E-state index contributed by atoms with van der Waals surface area (Å²) in [6.45, 7) is 2.18. The van der Waals surface area contributed by atoms with Gasteiger partial charge in [0.05, 0.1) is 0 Å². The van der Waals surface area contributed by atoms with E-state index in [4.69, 9.17) is 0 Å². The van der Waals surface area contributed by atoms with Crippen LogP contribution in [0.5, 0.6) is 0 Å². The Hall–Kier alpha value is -0.131. The predicted molar refractivity (Wildman–Crippen MR) is 43.2 cm³/mol. The number of rotatable bonds is 4. The van der Waals surface area contributed by atoms with Crippen LogP contribution in [0, 0.1) is 0 Å². The van der Waals surface area contributed by atoms with Crippen LogP contribution >= 0.6 is 0 Å². The number of hydrogen-bond acceptors (Lipinski definition) is 3. The van der Waals surface area contributed by atoms with E-state index in [1.807, 2.05) is 0 Å². The Bertz CT molecular complexity index is 163. The summed E-state index contributed by atoms with van der Waals surface area (Å²) in [6, 6.07) is 0. The molecule has 0 aliphatic carbocycles. The molecular weight excluding hydrogens is 247 g/mol. The van der Waals surface area contributed by atoms with Crippen molar-refractivity contribution in [2.75, 3.05) is 0 Å². The van der Waals surface area contributed by atoms with E-state index in [9.17, 15) is 0 Å². The Morgan fingerprint density at radius 1 is 1.36 bits per heavy atom. The monoisotopic (exact) mass is 260 g/mol. The fourth-order valence-corrected chi connectivity index (χ4v) is 0.822. The number of hydrogen-bond donors (Lipinski definition) is 1. The van der Waals surface area contributed by atoms with Crippen LogP contribution < -0.4 is 0 Å². The van der Waals surface area contributed by atoms with Crippen molar-refractivity contribution >= 4 is 23.9 Å². The molecule has 0 spiro atoms. The Kier molecular flexibility index (Phi) is 6.49. The second kappa shape index (κ2) is 6.57. The number of tetrazole rings is 1. The molecule has 0 aromatic carbocycles. The molecule has 11 heavy (non-hydrogen) atoms. The van der Waals surface area contributed by atoms with Crippen molar-refractivity contribution in [2.45, 2.75) is 32.6 Å². The minimum atomic E-state index is 0. The molecule has 60 valence electrons. The van der Waals surface area contributed by atoms with E-state index < -0.39 is 0 Å². The summed E-state index contributed by atoms with van der Waals surface area (Å²) in [4.78, 5) is 0. The van der Waals surface area contributed by atoms with Crippen molar-refractivity contribution in [3.8, 4) is 0 Å². The zero-order valence-electron chi connectivity index (χ0n) is 6.67. The van der Waals surface area contributed by atoms with Gasteiger partial charge >= 0.3 is 0 Å². The molecule has 0 aliphatic heterocycles. The molecule has 4 radical (unpaired) electrons. The zero-order chi connectivity index (χ0) is 7.23. The first kappa shape index (κ1) is 10.9. The van der Waals surface area contributed by atoms with E-state index >= 15 is 0 Å². The first-order valence-electron chi connectivity index (χ1n) is 3.66. The predicted octanol–water partition coefficient (Wildman–Crippen LogP) is 0.552.